The monoisotopic (exact) mass is 344 g/mol. The van der Waals surface area contributed by atoms with Gasteiger partial charge in [-0.15, -0.1) is 11.6 Å². The van der Waals surface area contributed by atoms with Gasteiger partial charge in [-0.1, -0.05) is 35.3 Å². The number of hydrogen-bond donors (Lipinski definition) is 0. The van der Waals surface area contributed by atoms with E-state index >= 15 is 0 Å². The molecule has 0 aliphatic carbocycles. The molecular weight excluding hydrogens is 331 g/mol. The van der Waals surface area contributed by atoms with Crippen molar-refractivity contribution >= 4 is 34.8 Å². The van der Waals surface area contributed by atoms with E-state index < -0.39 is 0 Å². The van der Waals surface area contributed by atoms with Crippen LogP contribution in [0.5, 0.6) is 11.5 Å². The Labute approximate surface area is 139 Å². The molecule has 0 N–H and O–H groups in total. The highest BCUT2D eigenvalue weighted by atomic mass is 35.5. The second kappa shape index (κ2) is 7.26. The Hall–Kier alpha value is -1.09. The van der Waals surface area contributed by atoms with Crippen molar-refractivity contribution in [3.05, 3.63) is 57.6 Å². The molecule has 1 unspecified atom stereocenters. The van der Waals surface area contributed by atoms with Gasteiger partial charge in [-0.05, 0) is 41.8 Å². The molecule has 0 aliphatic rings. The van der Waals surface area contributed by atoms with E-state index in [1.54, 1.807) is 26.4 Å². The summed E-state index contributed by atoms with van der Waals surface area (Å²) in [4.78, 5) is 0. The number of halogens is 3. The van der Waals surface area contributed by atoms with E-state index in [1.807, 2.05) is 24.3 Å². The van der Waals surface area contributed by atoms with E-state index in [-0.39, 0.29) is 5.38 Å². The first kappa shape index (κ1) is 16.3. The Bertz CT molecular complexity index is 629. The van der Waals surface area contributed by atoms with Crippen molar-refractivity contribution in [2.45, 2.75) is 11.8 Å². The lowest BCUT2D eigenvalue weighted by Gasteiger charge is -2.13. The van der Waals surface area contributed by atoms with Crippen LogP contribution in [0.4, 0.5) is 0 Å². The van der Waals surface area contributed by atoms with E-state index in [0.29, 0.717) is 28.0 Å². The average molecular weight is 346 g/mol. The fourth-order valence-electron chi connectivity index (χ4n) is 2.04. The van der Waals surface area contributed by atoms with E-state index in [1.165, 1.54) is 0 Å². The predicted octanol–water partition coefficient (Wildman–Crippen LogP) is 5.53. The van der Waals surface area contributed by atoms with Gasteiger partial charge in [0.05, 0.1) is 29.6 Å². The van der Waals surface area contributed by atoms with E-state index in [9.17, 15) is 0 Å². The molecule has 0 heterocycles. The van der Waals surface area contributed by atoms with Crippen molar-refractivity contribution in [3.63, 3.8) is 0 Å². The highest BCUT2D eigenvalue weighted by Gasteiger charge is 2.13. The third-order valence-corrected chi connectivity index (χ3v) is 4.31. The number of alkyl halides is 1. The van der Waals surface area contributed by atoms with Crippen LogP contribution in [-0.2, 0) is 6.42 Å². The molecule has 0 aromatic heterocycles. The molecule has 0 saturated heterocycles. The zero-order valence-electron chi connectivity index (χ0n) is 11.7. The molecule has 2 rings (SSSR count). The molecule has 0 radical (unpaired) electrons. The van der Waals surface area contributed by atoms with Crippen LogP contribution in [0.3, 0.4) is 0 Å². The summed E-state index contributed by atoms with van der Waals surface area (Å²) in [7, 11) is 3.22. The van der Waals surface area contributed by atoms with E-state index in [2.05, 4.69) is 0 Å². The van der Waals surface area contributed by atoms with E-state index in [0.717, 1.165) is 11.1 Å². The molecule has 5 heteroatoms. The molecule has 0 fully saturated rings. The van der Waals surface area contributed by atoms with E-state index in [4.69, 9.17) is 44.3 Å². The summed E-state index contributed by atoms with van der Waals surface area (Å²) in [6, 6.07) is 11.2. The average Bonchev–Trinajstić information content (AvgIpc) is 2.49. The standard InChI is InChI=1S/C16H15Cl3O2/c1-20-15-6-3-10(8-16(15)21-2)7-13(18)11-4-5-12(17)14(19)9-11/h3-6,8-9,13H,7H2,1-2H3. The molecular formula is C16H15Cl3O2. The molecule has 1 atom stereocenters. The van der Waals surface area contributed by atoms with Gasteiger partial charge in [-0.3, -0.25) is 0 Å². The zero-order valence-corrected chi connectivity index (χ0v) is 14.0. The first-order valence-corrected chi connectivity index (χ1v) is 7.54. The molecule has 0 saturated carbocycles. The maximum absolute atomic E-state index is 6.46. The van der Waals surface area contributed by atoms with Gasteiger partial charge in [-0.2, -0.15) is 0 Å². The number of hydrogen-bond acceptors (Lipinski definition) is 2. The summed E-state index contributed by atoms with van der Waals surface area (Å²) in [5.74, 6) is 1.38. The van der Waals surface area contributed by atoms with Crippen LogP contribution in [-0.4, -0.2) is 14.2 Å². The molecule has 2 aromatic rings. The summed E-state index contributed by atoms with van der Waals surface area (Å²) in [6.07, 6.45) is 0.653. The number of methoxy groups -OCH3 is 2. The maximum atomic E-state index is 6.46. The van der Waals surface area contributed by atoms with Crippen LogP contribution >= 0.6 is 34.8 Å². The van der Waals surface area contributed by atoms with Crippen LogP contribution in [0, 0.1) is 0 Å². The smallest absolute Gasteiger partial charge is 0.160 e. The Balaban J connectivity index is 2.18. The van der Waals surface area contributed by atoms with Crippen molar-refractivity contribution in [1.82, 2.24) is 0 Å². The lowest BCUT2D eigenvalue weighted by atomic mass is 10.0. The Kier molecular flexibility index (Phi) is 5.63. The molecule has 112 valence electrons. The van der Waals surface area contributed by atoms with Gasteiger partial charge in [0.2, 0.25) is 0 Å². The van der Waals surface area contributed by atoms with Gasteiger partial charge >= 0.3 is 0 Å². The van der Waals surface area contributed by atoms with Crippen molar-refractivity contribution < 1.29 is 9.47 Å². The second-order valence-electron chi connectivity index (χ2n) is 4.53. The zero-order chi connectivity index (χ0) is 15.4. The van der Waals surface area contributed by atoms with Crippen LogP contribution < -0.4 is 9.47 Å². The molecule has 0 bridgehead atoms. The quantitative estimate of drug-likeness (QED) is 0.663. The van der Waals surface area contributed by atoms with Crippen LogP contribution in [0.15, 0.2) is 36.4 Å². The summed E-state index contributed by atoms with van der Waals surface area (Å²) in [5, 5.41) is 0.834. The van der Waals surface area contributed by atoms with Crippen molar-refractivity contribution in [2.75, 3.05) is 14.2 Å². The van der Waals surface area contributed by atoms with Crippen molar-refractivity contribution in [2.24, 2.45) is 0 Å². The lowest BCUT2D eigenvalue weighted by molar-refractivity contribution is 0.354. The second-order valence-corrected chi connectivity index (χ2v) is 5.88. The third-order valence-electron chi connectivity index (χ3n) is 3.17. The van der Waals surface area contributed by atoms with Crippen LogP contribution in [0.2, 0.25) is 10.0 Å². The minimum atomic E-state index is -0.196. The Morgan fingerprint density at radius 1 is 0.905 bits per heavy atom. The van der Waals surface area contributed by atoms with Crippen LogP contribution in [0.1, 0.15) is 16.5 Å². The molecule has 2 aromatic carbocycles. The summed E-state index contributed by atoms with van der Waals surface area (Å²) in [5.41, 5.74) is 1.99. The largest absolute Gasteiger partial charge is 0.493 e. The molecule has 0 amide bonds. The Morgan fingerprint density at radius 3 is 2.24 bits per heavy atom. The number of ether oxygens (including phenoxy) is 2. The topological polar surface area (TPSA) is 18.5 Å². The first-order valence-electron chi connectivity index (χ1n) is 6.35. The summed E-state index contributed by atoms with van der Waals surface area (Å²) in [6.45, 7) is 0. The summed E-state index contributed by atoms with van der Waals surface area (Å²) >= 11 is 18.4. The van der Waals surface area contributed by atoms with Crippen molar-refractivity contribution in [1.29, 1.82) is 0 Å². The minimum absolute atomic E-state index is 0.196. The van der Waals surface area contributed by atoms with Gasteiger partial charge in [0, 0.05) is 0 Å². The minimum Gasteiger partial charge on any atom is -0.493 e. The van der Waals surface area contributed by atoms with Gasteiger partial charge in [0.25, 0.3) is 0 Å². The maximum Gasteiger partial charge on any atom is 0.160 e. The van der Waals surface area contributed by atoms with Gasteiger partial charge in [0.1, 0.15) is 0 Å². The molecule has 21 heavy (non-hydrogen) atoms. The first-order chi connectivity index (χ1) is 10.0. The highest BCUT2D eigenvalue weighted by Crippen LogP contribution is 2.33. The fourth-order valence-corrected chi connectivity index (χ4v) is 2.66. The highest BCUT2D eigenvalue weighted by molar-refractivity contribution is 6.42. The molecule has 0 aliphatic heterocycles. The van der Waals surface area contributed by atoms with Crippen molar-refractivity contribution in [3.8, 4) is 11.5 Å². The van der Waals surface area contributed by atoms with Gasteiger partial charge in [0.15, 0.2) is 11.5 Å². The van der Waals surface area contributed by atoms with Crippen LogP contribution in [0.25, 0.3) is 0 Å². The molecule has 2 nitrogen and oxygen atoms in total. The Morgan fingerprint density at radius 2 is 1.62 bits per heavy atom. The van der Waals surface area contributed by atoms with Gasteiger partial charge in [-0.25, -0.2) is 0 Å². The predicted molar refractivity (Wildman–Crippen MR) is 88.3 cm³/mol. The SMILES string of the molecule is COc1ccc(CC(Cl)c2ccc(Cl)c(Cl)c2)cc1OC. The summed E-state index contributed by atoms with van der Waals surface area (Å²) < 4.78 is 10.5. The number of benzene rings is 2. The fraction of sp³-hybridized carbons (Fsp3) is 0.250. The lowest BCUT2D eigenvalue weighted by Crippen LogP contribution is -1.98. The normalized spacial score (nSPS) is 12.0. The third kappa shape index (κ3) is 3.97. The van der Waals surface area contributed by atoms with Gasteiger partial charge < -0.3 is 9.47 Å². The molecule has 0 spiro atoms. The number of rotatable bonds is 5.